The maximum Gasteiger partial charge on any atom is 0.147 e. The molecule has 0 fully saturated rings. The fourth-order valence-electron chi connectivity index (χ4n) is 1.82. The zero-order valence-electron chi connectivity index (χ0n) is 11.0. The van der Waals surface area contributed by atoms with Crippen LogP contribution in [0.3, 0.4) is 0 Å². The summed E-state index contributed by atoms with van der Waals surface area (Å²) in [6.07, 6.45) is 2.95. The summed E-state index contributed by atoms with van der Waals surface area (Å²) >= 11 is 0. The first-order valence-electron chi connectivity index (χ1n) is 5.92. The van der Waals surface area contributed by atoms with Crippen molar-refractivity contribution in [2.24, 2.45) is 5.73 Å². The third kappa shape index (κ3) is 5.27. The molecular weight excluding hydrogens is 224 g/mol. The van der Waals surface area contributed by atoms with Crippen molar-refractivity contribution < 1.29 is 8.42 Å². The molecule has 0 radical (unpaired) electrons. The van der Waals surface area contributed by atoms with E-state index in [1.165, 1.54) is 6.26 Å². The van der Waals surface area contributed by atoms with Crippen LogP contribution < -0.4 is 5.73 Å². The van der Waals surface area contributed by atoms with Gasteiger partial charge in [0.25, 0.3) is 0 Å². The van der Waals surface area contributed by atoms with Crippen LogP contribution in [0.5, 0.6) is 0 Å². The molecule has 0 spiro atoms. The third-order valence-corrected chi connectivity index (χ3v) is 4.32. The van der Waals surface area contributed by atoms with Gasteiger partial charge >= 0.3 is 0 Å². The fraction of sp³-hybridized carbons (Fsp3) is 1.00. The molecule has 2 N–H and O–H groups in total. The van der Waals surface area contributed by atoms with Crippen molar-refractivity contribution in [3.63, 3.8) is 0 Å². The van der Waals surface area contributed by atoms with Crippen LogP contribution in [0.25, 0.3) is 0 Å². The van der Waals surface area contributed by atoms with Crippen LogP contribution in [0.2, 0.25) is 0 Å². The van der Waals surface area contributed by atoms with E-state index >= 15 is 0 Å². The van der Waals surface area contributed by atoms with Crippen LogP contribution in [0, 0.1) is 0 Å². The van der Waals surface area contributed by atoms with Crippen molar-refractivity contribution in [2.45, 2.75) is 39.2 Å². The van der Waals surface area contributed by atoms with Gasteiger partial charge in [0, 0.05) is 18.3 Å². The molecule has 16 heavy (non-hydrogen) atoms. The van der Waals surface area contributed by atoms with Gasteiger partial charge in [0.15, 0.2) is 0 Å². The SMILES string of the molecule is CCN(CCCS(C)(=O)=O)C(C)(CC)CN. The monoisotopic (exact) mass is 250 g/mol. The molecule has 0 aromatic rings. The summed E-state index contributed by atoms with van der Waals surface area (Å²) in [5.41, 5.74) is 5.78. The summed E-state index contributed by atoms with van der Waals surface area (Å²) in [6, 6.07) is 0. The topological polar surface area (TPSA) is 63.4 Å². The molecule has 98 valence electrons. The quantitative estimate of drug-likeness (QED) is 0.694. The van der Waals surface area contributed by atoms with Crippen molar-refractivity contribution in [3.05, 3.63) is 0 Å². The molecule has 0 bridgehead atoms. The Morgan fingerprint density at radius 1 is 1.31 bits per heavy atom. The first kappa shape index (κ1) is 15.9. The number of likely N-dealkylation sites (N-methyl/N-ethyl adjacent to an activating group) is 1. The Morgan fingerprint density at radius 2 is 1.88 bits per heavy atom. The number of sulfone groups is 1. The highest BCUT2D eigenvalue weighted by molar-refractivity contribution is 7.90. The maximum atomic E-state index is 11.0. The minimum absolute atomic E-state index is 0.00769. The van der Waals surface area contributed by atoms with E-state index in [4.69, 9.17) is 5.73 Å². The summed E-state index contributed by atoms with van der Waals surface area (Å²) in [7, 11) is -2.84. The Labute approximate surface area is 100 Å². The second-order valence-corrected chi connectivity index (χ2v) is 6.88. The standard InChI is InChI=1S/C11H26N2O2S/c1-5-11(3,10-12)13(6-2)8-7-9-16(4,14)15/h5-10,12H2,1-4H3. The van der Waals surface area contributed by atoms with Crippen LogP contribution >= 0.6 is 0 Å². The average molecular weight is 250 g/mol. The summed E-state index contributed by atoms with van der Waals surface area (Å²) in [5, 5.41) is 0. The smallest absolute Gasteiger partial charge is 0.147 e. The lowest BCUT2D eigenvalue weighted by molar-refractivity contribution is 0.113. The molecule has 0 amide bonds. The lowest BCUT2D eigenvalue weighted by Gasteiger charge is -2.39. The molecule has 0 rings (SSSR count). The molecular formula is C11H26N2O2S. The molecule has 4 nitrogen and oxygen atoms in total. The van der Waals surface area contributed by atoms with E-state index in [0.717, 1.165) is 19.5 Å². The number of nitrogens with two attached hydrogens (primary N) is 1. The van der Waals surface area contributed by atoms with Crippen LogP contribution in [-0.2, 0) is 9.84 Å². The van der Waals surface area contributed by atoms with Crippen LogP contribution in [0.1, 0.15) is 33.6 Å². The molecule has 0 saturated heterocycles. The maximum absolute atomic E-state index is 11.0. The largest absolute Gasteiger partial charge is 0.329 e. The van der Waals surface area contributed by atoms with Gasteiger partial charge in [-0.1, -0.05) is 13.8 Å². The Bertz CT molecular complexity index is 284. The van der Waals surface area contributed by atoms with Gasteiger partial charge < -0.3 is 5.73 Å². The van der Waals surface area contributed by atoms with Gasteiger partial charge in [0.2, 0.25) is 0 Å². The zero-order chi connectivity index (χ0) is 12.8. The van der Waals surface area contributed by atoms with Crippen molar-refractivity contribution in [1.82, 2.24) is 4.90 Å². The van der Waals surface area contributed by atoms with E-state index in [1.807, 2.05) is 0 Å². The predicted octanol–water partition coefficient (Wildman–Crippen LogP) is 0.870. The van der Waals surface area contributed by atoms with E-state index in [9.17, 15) is 8.42 Å². The highest BCUT2D eigenvalue weighted by atomic mass is 32.2. The summed E-state index contributed by atoms with van der Waals surface area (Å²) in [5.74, 6) is 0.258. The van der Waals surface area contributed by atoms with Crippen LogP contribution in [-0.4, -0.2) is 50.5 Å². The van der Waals surface area contributed by atoms with Gasteiger partial charge in [-0.05, 0) is 32.9 Å². The first-order chi connectivity index (χ1) is 7.29. The number of nitrogens with zero attached hydrogens (tertiary/aromatic N) is 1. The molecule has 0 aliphatic carbocycles. The minimum Gasteiger partial charge on any atom is -0.329 e. The van der Waals surface area contributed by atoms with Crippen LogP contribution in [0.15, 0.2) is 0 Å². The Morgan fingerprint density at radius 3 is 2.19 bits per heavy atom. The fourth-order valence-corrected chi connectivity index (χ4v) is 2.48. The van der Waals surface area contributed by atoms with Crippen LogP contribution in [0.4, 0.5) is 0 Å². The lowest BCUT2D eigenvalue weighted by atomic mass is 9.96. The molecule has 0 aliphatic rings. The first-order valence-corrected chi connectivity index (χ1v) is 7.98. The zero-order valence-corrected chi connectivity index (χ0v) is 11.8. The second kappa shape index (κ2) is 6.57. The van der Waals surface area contributed by atoms with E-state index in [-0.39, 0.29) is 11.3 Å². The molecule has 1 atom stereocenters. The van der Waals surface area contributed by atoms with Gasteiger partial charge in [-0.2, -0.15) is 0 Å². The highest BCUT2D eigenvalue weighted by Gasteiger charge is 2.26. The molecule has 1 unspecified atom stereocenters. The van der Waals surface area contributed by atoms with E-state index < -0.39 is 9.84 Å². The Hall–Kier alpha value is -0.130. The molecule has 5 heteroatoms. The summed E-state index contributed by atoms with van der Waals surface area (Å²) in [4.78, 5) is 2.28. The van der Waals surface area contributed by atoms with Gasteiger partial charge in [-0.3, -0.25) is 4.90 Å². The third-order valence-electron chi connectivity index (χ3n) is 3.29. The number of rotatable bonds is 8. The molecule has 0 saturated carbocycles. The van der Waals surface area contributed by atoms with E-state index in [0.29, 0.717) is 13.0 Å². The summed E-state index contributed by atoms with van der Waals surface area (Å²) in [6.45, 7) is 8.65. The number of hydrogen-bond donors (Lipinski definition) is 1. The van der Waals surface area contributed by atoms with Gasteiger partial charge in [-0.15, -0.1) is 0 Å². The Balaban J connectivity index is 4.30. The minimum atomic E-state index is -2.84. The van der Waals surface area contributed by atoms with E-state index in [2.05, 4.69) is 25.7 Å². The van der Waals surface area contributed by atoms with Gasteiger partial charge in [0.1, 0.15) is 9.84 Å². The van der Waals surface area contributed by atoms with Gasteiger partial charge in [0.05, 0.1) is 5.75 Å². The molecule has 0 heterocycles. The van der Waals surface area contributed by atoms with Gasteiger partial charge in [-0.25, -0.2) is 8.42 Å². The number of hydrogen-bond acceptors (Lipinski definition) is 4. The summed E-state index contributed by atoms with van der Waals surface area (Å²) < 4.78 is 22.1. The Kier molecular flexibility index (Phi) is 6.51. The average Bonchev–Trinajstić information content (AvgIpc) is 2.22. The van der Waals surface area contributed by atoms with Crippen molar-refractivity contribution in [3.8, 4) is 0 Å². The lowest BCUT2D eigenvalue weighted by Crippen LogP contribution is -2.51. The predicted molar refractivity (Wildman–Crippen MR) is 69.3 cm³/mol. The molecule has 0 aromatic carbocycles. The van der Waals surface area contributed by atoms with Crippen molar-refractivity contribution in [2.75, 3.05) is 31.6 Å². The highest BCUT2D eigenvalue weighted by Crippen LogP contribution is 2.18. The van der Waals surface area contributed by atoms with E-state index in [1.54, 1.807) is 0 Å². The molecule has 0 aromatic heterocycles. The normalized spacial score (nSPS) is 16.4. The second-order valence-electron chi connectivity index (χ2n) is 4.62. The van der Waals surface area contributed by atoms with Crippen molar-refractivity contribution in [1.29, 1.82) is 0 Å². The molecule has 0 aliphatic heterocycles. The van der Waals surface area contributed by atoms with Crippen molar-refractivity contribution >= 4 is 9.84 Å².